The number of carbonyl (C=O) groups is 13. The molecule has 7 atom stereocenters. The molecular formula is C49H70N14O16S2. The Labute approximate surface area is 472 Å². The van der Waals surface area contributed by atoms with E-state index in [9.17, 15) is 57.8 Å². The maximum absolute atomic E-state index is 14.5. The van der Waals surface area contributed by atoms with Gasteiger partial charge in [0.25, 0.3) is 11.9 Å². The number of aliphatic imine (C=N–C) groups is 1. The number of phenolic OH excluding ortho intramolecular Hbond substituents is 1. The second-order valence-electron chi connectivity index (χ2n) is 18.0. The number of benzene rings is 2. The highest BCUT2D eigenvalue weighted by molar-refractivity contribution is 8.76. The number of carboxylic acids is 2. The van der Waals surface area contributed by atoms with Crippen LogP contribution in [0, 0.1) is 0 Å². The third-order valence-corrected chi connectivity index (χ3v) is 13.6. The number of nitrogens with two attached hydrogens (primary N) is 5. The molecule has 0 spiro atoms. The van der Waals surface area contributed by atoms with Gasteiger partial charge in [-0.1, -0.05) is 64.1 Å². The number of nitrogens with zero attached hydrogens (tertiary/aromatic N) is 2. The van der Waals surface area contributed by atoms with Crippen molar-refractivity contribution in [3.05, 3.63) is 65.7 Å². The first-order chi connectivity index (χ1) is 38.2. The largest absolute Gasteiger partial charge is 0.508 e. The van der Waals surface area contributed by atoms with Crippen molar-refractivity contribution in [1.82, 2.24) is 42.1 Å². The molecule has 30 nitrogen and oxygen atoms in total. The topological polar surface area (TPSA) is 513 Å². The van der Waals surface area contributed by atoms with Gasteiger partial charge in [-0.3, -0.25) is 67.3 Å². The van der Waals surface area contributed by atoms with Crippen molar-refractivity contribution >= 4 is 104 Å². The van der Waals surface area contributed by atoms with Gasteiger partial charge >= 0.3 is 0 Å². The molecule has 81 heavy (non-hydrogen) atoms. The van der Waals surface area contributed by atoms with Crippen LogP contribution in [-0.2, 0) is 75.2 Å². The minimum atomic E-state index is -1.81. The van der Waals surface area contributed by atoms with Gasteiger partial charge in [0.05, 0.1) is 19.4 Å². The summed E-state index contributed by atoms with van der Waals surface area (Å²) in [6.07, 6.45) is -1.39. The molecule has 2 saturated heterocycles. The molecule has 2 aliphatic heterocycles. The zero-order valence-electron chi connectivity index (χ0n) is 44.4. The minimum absolute atomic E-state index is 0.00976. The van der Waals surface area contributed by atoms with Crippen LogP contribution in [0.2, 0.25) is 0 Å². The molecule has 20 N–H and O–H groups in total. The molecule has 0 radical (unpaired) electrons. The van der Waals surface area contributed by atoms with Crippen molar-refractivity contribution < 1.29 is 77.6 Å². The number of guanidine groups is 1. The molecule has 444 valence electrons. The number of likely N-dealkylation sites (tertiary alicyclic amines) is 1. The first-order valence-corrected chi connectivity index (χ1v) is 27.4. The highest BCUT2D eigenvalue weighted by Crippen LogP contribution is 2.26. The van der Waals surface area contributed by atoms with Crippen LogP contribution >= 0.6 is 21.6 Å². The van der Waals surface area contributed by atoms with Gasteiger partial charge in [-0.2, -0.15) is 0 Å². The average molecular weight is 1180 g/mol. The van der Waals surface area contributed by atoms with Gasteiger partial charge < -0.3 is 86.1 Å². The van der Waals surface area contributed by atoms with E-state index in [1.54, 1.807) is 42.5 Å². The van der Waals surface area contributed by atoms with Gasteiger partial charge in [-0.25, -0.2) is 0 Å². The molecule has 0 bridgehead atoms. The van der Waals surface area contributed by atoms with E-state index >= 15 is 0 Å². The Bertz CT molecular complexity index is 2560. The van der Waals surface area contributed by atoms with E-state index in [1.165, 1.54) is 17.0 Å². The summed E-state index contributed by atoms with van der Waals surface area (Å²) in [6, 6.07) is 4.12. The zero-order chi connectivity index (χ0) is 60.8. The summed E-state index contributed by atoms with van der Waals surface area (Å²) >= 11 is 0. The summed E-state index contributed by atoms with van der Waals surface area (Å²) in [7, 11) is 2.17. The Morgan fingerprint density at radius 3 is 1.73 bits per heavy atom. The molecule has 0 aromatic heterocycles. The number of phenols is 1. The summed E-state index contributed by atoms with van der Waals surface area (Å²) in [5.74, 6) is -11.9. The average Bonchev–Trinajstić information content (AvgIpc) is 3.89. The van der Waals surface area contributed by atoms with Gasteiger partial charge in [-0.15, -0.1) is 0 Å². The normalized spacial score (nSPS) is 20.3. The van der Waals surface area contributed by atoms with Crippen LogP contribution in [0.3, 0.4) is 0 Å². The summed E-state index contributed by atoms with van der Waals surface area (Å²) in [5, 5.41) is 42.3. The van der Waals surface area contributed by atoms with E-state index < -0.39 is 139 Å². The lowest BCUT2D eigenvalue weighted by molar-refractivity contribution is -0.142. The van der Waals surface area contributed by atoms with Crippen molar-refractivity contribution in [3.63, 3.8) is 0 Å². The molecule has 2 fully saturated rings. The molecule has 2 aliphatic rings. The first-order valence-electron chi connectivity index (χ1n) is 24.9. The number of hydrogen-bond acceptors (Lipinski definition) is 17. The SMILES string of the molecule is CC(=O)O.CC(=O)O.NC(=O)CNC(=O)C(CCCN=C(N)N)NC(=O)C1CCCN1C(=O)C1CSSCCC(=O)NC(Cc2ccc(O)cc2)C(=O)NC(Cc2ccccc2)C(=O)NC(CC(N)=O)C(=O)NC(CC(N)=O)C(=O)N1. The Morgan fingerprint density at radius 2 is 1.20 bits per heavy atom. The Balaban J connectivity index is 0.00000262. The summed E-state index contributed by atoms with van der Waals surface area (Å²) in [4.78, 5) is 171. The molecule has 32 heteroatoms. The summed E-state index contributed by atoms with van der Waals surface area (Å²) in [5.41, 5.74) is 28.1. The fourth-order valence-electron chi connectivity index (χ4n) is 7.64. The van der Waals surface area contributed by atoms with Crippen LogP contribution in [0.5, 0.6) is 5.75 Å². The monoisotopic (exact) mass is 1170 g/mol. The number of primary amides is 3. The van der Waals surface area contributed by atoms with Gasteiger partial charge in [-0.05, 0) is 48.9 Å². The lowest BCUT2D eigenvalue weighted by atomic mass is 10.0. The second-order valence-corrected chi connectivity index (χ2v) is 20.7. The lowest BCUT2D eigenvalue weighted by Gasteiger charge is -2.30. The van der Waals surface area contributed by atoms with E-state index in [2.05, 4.69) is 42.2 Å². The number of amides is 11. The van der Waals surface area contributed by atoms with Crippen LogP contribution in [0.25, 0.3) is 0 Å². The van der Waals surface area contributed by atoms with Crippen LogP contribution in [-0.4, -0.2) is 177 Å². The maximum atomic E-state index is 14.5. The molecule has 7 unspecified atom stereocenters. The highest BCUT2D eigenvalue weighted by atomic mass is 33.1. The first kappa shape index (κ1) is 68.4. The smallest absolute Gasteiger partial charge is 0.300 e. The van der Waals surface area contributed by atoms with Crippen LogP contribution < -0.4 is 65.9 Å². The third kappa shape index (κ3) is 27.7. The highest BCUT2D eigenvalue weighted by Gasteiger charge is 2.40. The zero-order valence-corrected chi connectivity index (χ0v) is 46.0. The van der Waals surface area contributed by atoms with Gasteiger partial charge in [0.2, 0.25) is 65.0 Å². The standard InChI is InChI=1S/C45H62N14O12S2.2C2H4O2/c46-34(61)20-30-41(68)57-31(21-35(47)62)42(69)58-32(44(71)59-16-5-9-33(59)43(70)54-27(8-4-15-51-45(49)50)38(65)52-22-36(48)63)23-73-72-17-14-37(64)53-28(19-25-10-12-26(60)13-11-25)39(66)55-29(40(67)56-30)18-24-6-2-1-3-7-24;2*1-2(3)4/h1-3,6-7,10-13,27-33,60H,4-5,8-9,14-23H2,(H2,46,61)(H2,47,62)(H2,48,63)(H,52,65)(H,53,64)(H,54,70)(H,55,66)(H,56,67)(H,57,68)(H,58,69)(H4,49,50,51);2*1H3,(H,3,4). The second kappa shape index (κ2) is 35.8. The van der Waals surface area contributed by atoms with E-state index in [1.807, 2.05) is 0 Å². The maximum Gasteiger partial charge on any atom is 0.300 e. The quantitative estimate of drug-likeness (QED) is 0.0289. The number of rotatable bonds is 18. The van der Waals surface area contributed by atoms with Gasteiger partial charge in [0, 0.05) is 57.7 Å². The number of carbonyl (C=O) groups excluding carboxylic acids is 11. The van der Waals surface area contributed by atoms with Gasteiger partial charge in [0.1, 0.15) is 48.0 Å². The van der Waals surface area contributed by atoms with Crippen molar-refractivity contribution in [2.75, 3.05) is 31.1 Å². The summed E-state index contributed by atoms with van der Waals surface area (Å²) in [6.45, 7) is 1.75. The van der Waals surface area contributed by atoms with Crippen molar-refractivity contribution in [2.45, 2.75) is 114 Å². The third-order valence-electron chi connectivity index (χ3n) is 11.2. The number of aromatic hydroxyl groups is 1. The van der Waals surface area contributed by atoms with Crippen molar-refractivity contribution in [3.8, 4) is 5.75 Å². The molecular weight excluding hydrogens is 1100 g/mol. The molecule has 4 rings (SSSR count). The number of carboxylic acid groups (broad SMARTS) is 2. The molecule has 0 aliphatic carbocycles. The number of hydrogen-bond donors (Lipinski definition) is 15. The van der Waals surface area contributed by atoms with Crippen molar-refractivity contribution in [2.24, 2.45) is 33.7 Å². The Morgan fingerprint density at radius 1 is 0.691 bits per heavy atom. The Hall–Kier alpha value is -8.68. The Kier molecular flexibility index (Phi) is 30.2. The van der Waals surface area contributed by atoms with Crippen LogP contribution in [0.15, 0.2) is 59.6 Å². The molecule has 2 heterocycles. The molecule has 0 saturated carbocycles. The number of aliphatic carboxylic acids is 2. The van der Waals surface area contributed by atoms with Gasteiger partial charge in [0.15, 0.2) is 5.96 Å². The van der Waals surface area contributed by atoms with E-state index in [4.69, 9.17) is 48.5 Å². The fourth-order valence-corrected chi connectivity index (χ4v) is 9.78. The molecule has 2 aromatic rings. The van der Waals surface area contributed by atoms with Crippen LogP contribution in [0.1, 0.15) is 69.9 Å². The molecule has 2 aromatic carbocycles. The van der Waals surface area contributed by atoms with E-state index in [0.717, 1.165) is 35.4 Å². The van der Waals surface area contributed by atoms with E-state index in [0.29, 0.717) is 17.5 Å². The lowest BCUT2D eigenvalue weighted by Crippen LogP contribution is -2.61. The number of nitrogens with one attached hydrogen (secondary N) is 7. The molecule has 11 amide bonds. The summed E-state index contributed by atoms with van der Waals surface area (Å²) < 4.78 is 0. The van der Waals surface area contributed by atoms with Crippen molar-refractivity contribution in [1.29, 1.82) is 0 Å². The predicted octanol–water partition coefficient (Wildman–Crippen LogP) is -4.55. The fraction of sp³-hybridized carbons (Fsp3) is 0.469. The van der Waals surface area contributed by atoms with E-state index in [-0.39, 0.29) is 74.8 Å². The minimum Gasteiger partial charge on any atom is -0.508 e. The predicted molar refractivity (Wildman–Crippen MR) is 294 cm³/mol. The van der Waals surface area contributed by atoms with Crippen LogP contribution in [0.4, 0.5) is 0 Å².